The van der Waals surface area contributed by atoms with Crippen molar-refractivity contribution in [3.63, 3.8) is 0 Å². The van der Waals surface area contributed by atoms with Gasteiger partial charge < -0.3 is 15.6 Å². The number of phenolic OH excluding ortho intramolecular Hbond substituents is 1. The van der Waals surface area contributed by atoms with Crippen molar-refractivity contribution in [3.8, 4) is 11.5 Å². The molecule has 0 heterocycles. The number of hydrogen-bond acceptors (Lipinski definition) is 4. The van der Waals surface area contributed by atoms with Gasteiger partial charge in [-0.3, -0.25) is 0 Å². The van der Waals surface area contributed by atoms with Gasteiger partial charge in [-0.1, -0.05) is 19.8 Å². The van der Waals surface area contributed by atoms with Gasteiger partial charge in [0, 0.05) is 10.6 Å². The van der Waals surface area contributed by atoms with E-state index in [1.165, 1.54) is 7.11 Å². The van der Waals surface area contributed by atoms with E-state index in [0.717, 1.165) is 24.2 Å². The quantitative estimate of drug-likeness (QED) is 0.587. The minimum Gasteiger partial charge on any atom is -0.504 e. The Morgan fingerprint density at radius 1 is 1.50 bits per heavy atom. The first-order valence-corrected chi connectivity index (χ1v) is 7.04. The van der Waals surface area contributed by atoms with Gasteiger partial charge in [0.05, 0.1) is 15.0 Å². The zero-order valence-electron chi connectivity index (χ0n) is 11.0. The van der Waals surface area contributed by atoms with Crippen LogP contribution in [0.25, 0.3) is 0 Å². The maximum Gasteiger partial charge on any atom is 0.160 e. The van der Waals surface area contributed by atoms with Gasteiger partial charge in [0.1, 0.15) is 0 Å². The lowest BCUT2D eigenvalue weighted by Crippen LogP contribution is -2.42. The number of thioether (sulfide) groups is 1. The molecule has 0 unspecified atom stereocenters. The van der Waals surface area contributed by atoms with E-state index in [1.807, 2.05) is 6.07 Å². The largest absolute Gasteiger partial charge is 0.504 e. The van der Waals surface area contributed by atoms with Crippen molar-refractivity contribution in [2.45, 2.75) is 36.5 Å². The third-order valence-electron chi connectivity index (χ3n) is 2.65. The molecule has 0 aliphatic heterocycles. The van der Waals surface area contributed by atoms with Gasteiger partial charge in [-0.2, -0.15) is 0 Å². The minimum atomic E-state index is -0.657. The fourth-order valence-corrected chi connectivity index (χ4v) is 2.49. The number of phenols is 1. The Morgan fingerprint density at radius 2 is 2.22 bits per heavy atom. The molecule has 3 N–H and O–H groups in total. The molecule has 1 rings (SSSR count). The molecule has 5 heteroatoms. The van der Waals surface area contributed by atoms with Crippen molar-refractivity contribution in [2.75, 3.05) is 12.9 Å². The van der Waals surface area contributed by atoms with E-state index < -0.39 is 5.44 Å². The van der Waals surface area contributed by atoms with E-state index in [1.54, 1.807) is 23.9 Å². The highest BCUT2D eigenvalue weighted by molar-refractivity contribution is 7.99. The summed E-state index contributed by atoms with van der Waals surface area (Å²) in [7, 11) is 7.54. The highest BCUT2D eigenvalue weighted by atomic mass is 32.2. The Balaban J connectivity index is 2.55. The van der Waals surface area contributed by atoms with Gasteiger partial charge in [-0.15, -0.1) is 11.8 Å². The Hall–Kier alpha value is -0.805. The van der Waals surface area contributed by atoms with Crippen LogP contribution in [0, 0.1) is 0 Å². The molecule has 0 bridgehead atoms. The first-order chi connectivity index (χ1) is 8.48. The topological polar surface area (TPSA) is 55.5 Å². The van der Waals surface area contributed by atoms with E-state index >= 15 is 0 Å². The number of ether oxygens (including phenoxy) is 1. The number of benzene rings is 1. The molecule has 0 aliphatic carbocycles. The predicted octanol–water partition coefficient (Wildman–Crippen LogP) is 2.51. The molecule has 0 saturated carbocycles. The minimum absolute atomic E-state index is 0.135. The molecule has 0 saturated heterocycles. The van der Waals surface area contributed by atoms with E-state index in [0.29, 0.717) is 11.5 Å². The standard InChI is InChI=1S/C13H20BNO2S/c1-3-4-7-13(14,15)9-18-10-5-6-12(17-2)11(16)8-10/h5-6,8,16H,3-4,7,9,15H2,1-2H3/t13-/m1/s1. The molecule has 1 atom stereocenters. The van der Waals surface area contributed by atoms with Crippen LogP contribution in [0.2, 0.25) is 0 Å². The van der Waals surface area contributed by atoms with Crippen LogP contribution in [0.4, 0.5) is 0 Å². The molecular weight excluding hydrogens is 245 g/mol. The normalized spacial score (nSPS) is 14.2. The van der Waals surface area contributed by atoms with Crippen molar-refractivity contribution < 1.29 is 9.84 Å². The summed E-state index contributed by atoms with van der Waals surface area (Å²) in [6.07, 6.45) is 2.92. The summed E-state index contributed by atoms with van der Waals surface area (Å²) in [5.41, 5.74) is 5.36. The van der Waals surface area contributed by atoms with Crippen LogP contribution in [0.15, 0.2) is 23.1 Å². The molecular formula is C13H20BNO2S. The molecule has 2 radical (unpaired) electrons. The summed E-state index contributed by atoms with van der Waals surface area (Å²) in [6, 6.07) is 5.29. The van der Waals surface area contributed by atoms with Crippen molar-refractivity contribution in [1.82, 2.24) is 0 Å². The van der Waals surface area contributed by atoms with E-state index in [9.17, 15) is 5.11 Å². The highest BCUT2D eigenvalue weighted by Gasteiger charge is 2.17. The van der Waals surface area contributed by atoms with Crippen LogP contribution in [0.1, 0.15) is 26.2 Å². The van der Waals surface area contributed by atoms with Crippen molar-refractivity contribution in [1.29, 1.82) is 0 Å². The Bertz CT molecular complexity index is 385. The summed E-state index contributed by atoms with van der Waals surface area (Å²) >= 11 is 1.55. The van der Waals surface area contributed by atoms with Gasteiger partial charge in [-0.05, 0) is 30.1 Å². The van der Waals surface area contributed by atoms with Gasteiger partial charge in [0.25, 0.3) is 0 Å². The lowest BCUT2D eigenvalue weighted by molar-refractivity contribution is 0.372. The molecule has 1 aromatic rings. The fraction of sp³-hybridized carbons (Fsp3) is 0.538. The second-order valence-corrected chi connectivity index (χ2v) is 5.51. The lowest BCUT2D eigenvalue weighted by atomic mass is 9.76. The van der Waals surface area contributed by atoms with Gasteiger partial charge in [0.15, 0.2) is 11.5 Å². The summed E-state index contributed by atoms with van der Waals surface area (Å²) in [4.78, 5) is 0.935. The smallest absolute Gasteiger partial charge is 0.160 e. The highest BCUT2D eigenvalue weighted by Crippen LogP contribution is 2.32. The summed E-state index contributed by atoms with van der Waals surface area (Å²) < 4.78 is 4.99. The monoisotopic (exact) mass is 265 g/mol. The molecule has 0 fully saturated rings. The number of unbranched alkanes of at least 4 members (excludes halogenated alkanes) is 1. The molecule has 1 aromatic carbocycles. The molecule has 0 amide bonds. The number of aromatic hydroxyl groups is 1. The number of rotatable bonds is 7. The Kier molecular flexibility index (Phi) is 5.89. The van der Waals surface area contributed by atoms with E-state index in [4.69, 9.17) is 18.3 Å². The number of nitrogens with two attached hydrogens (primary N) is 1. The van der Waals surface area contributed by atoms with E-state index in [-0.39, 0.29) is 5.75 Å². The Morgan fingerprint density at radius 3 is 2.78 bits per heavy atom. The summed E-state index contributed by atoms with van der Waals surface area (Å²) in [6.45, 7) is 2.12. The van der Waals surface area contributed by atoms with Crippen LogP contribution in [-0.4, -0.2) is 31.3 Å². The molecule has 18 heavy (non-hydrogen) atoms. The molecule has 0 aromatic heterocycles. The third-order valence-corrected chi connectivity index (χ3v) is 3.92. The first-order valence-electron chi connectivity index (χ1n) is 6.06. The van der Waals surface area contributed by atoms with E-state index in [2.05, 4.69) is 6.92 Å². The predicted molar refractivity (Wildman–Crippen MR) is 77.6 cm³/mol. The van der Waals surface area contributed by atoms with Crippen LogP contribution in [0.5, 0.6) is 11.5 Å². The first kappa shape index (κ1) is 15.3. The van der Waals surface area contributed by atoms with Crippen LogP contribution >= 0.6 is 11.8 Å². The zero-order valence-corrected chi connectivity index (χ0v) is 11.8. The van der Waals surface area contributed by atoms with Crippen LogP contribution in [-0.2, 0) is 0 Å². The zero-order chi connectivity index (χ0) is 13.6. The van der Waals surface area contributed by atoms with Crippen LogP contribution in [0.3, 0.4) is 0 Å². The van der Waals surface area contributed by atoms with Gasteiger partial charge in [-0.25, -0.2) is 0 Å². The summed E-state index contributed by atoms with van der Waals surface area (Å²) in [5.74, 6) is 1.23. The molecule has 3 nitrogen and oxygen atoms in total. The number of hydrogen-bond donors (Lipinski definition) is 2. The number of methoxy groups -OCH3 is 1. The fourth-order valence-electron chi connectivity index (χ4n) is 1.56. The third kappa shape index (κ3) is 4.82. The average molecular weight is 265 g/mol. The van der Waals surface area contributed by atoms with Gasteiger partial charge in [0.2, 0.25) is 0 Å². The maximum atomic E-state index is 9.66. The van der Waals surface area contributed by atoms with Crippen molar-refractivity contribution >= 4 is 19.6 Å². The molecule has 0 aliphatic rings. The van der Waals surface area contributed by atoms with Crippen molar-refractivity contribution in [2.24, 2.45) is 5.73 Å². The lowest BCUT2D eigenvalue weighted by Gasteiger charge is -2.24. The van der Waals surface area contributed by atoms with Gasteiger partial charge >= 0.3 is 0 Å². The maximum absolute atomic E-state index is 9.66. The summed E-state index contributed by atoms with van der Waals surface area (Å²) in [5, 5.41) is 9.66. The Labute approximate surface area is 115 Å². The van der Waals surface area contributed by atoms with Crippen LogP contribution < -0.4 is 10.5 Å². The van der Waals surface area contributed by atoms with Crippen molar-refractivity contribution in [3.05, 3.63) is 18.2 Å². The molecule has 98 valence electrons. The second kappa shape index (κ2) is 6.95. The second-order valence-electron chi connectivity index (χ2n) is 4.46. The SMILES string of the molecule is [B][C@@](N)(CCCC)CSc1ccc(OC)c(O)c1. The molecule has 0 spiro atoms. The average Bonchev–Trinajstić information content (AvgIpc) is 2.34.